The molecule has 0 heterocycles. The van der Waals surface area contributed by atoms with Crippen LogP contribution in [0.5, 0.6) is 11.5 Å². The van der Waals surface area contributed by atoms with Crippen LogP contribution >= 0.6 is 7.60 Å². The van der Waals surface area contributed by atoms with Gasteiger partial charge in [-0.05, 0) is 24.3 Å². The minimum Gasteiger partial charge on any atom is -0.413 e. The lowest BCUT2D eigenvalue weighted by Gasteiger charge is -2.20. The molecule has 0 saturated carbocycles. The highest BCUT2D eigenvalue weighted by molar-refractivity contribution is 7.55. The minimum atomic E-state index is -4.12. The molecule has 0 aliphatic heterocycles. The van der Waals surface area contributed by atoms with E-state index in [1.54, 1.807) is 60.7 Å². The Balaban J connectivity index is 2.21. The molecule has 0 fully saturated rings. The Morgan fingerprint density at radius 2 is 1.16 bits per heavy atom. The van der Waals surface area contributed by atoms with Crippen molar-refractivity contribution in [1.29, 1.82) is 0 Å². The molecular weight excluding hydrogens is 267 g/mol. The fraction of sp³-hybridized carbons (Fsp3) is 0.0769. The second-order valence-corrected chi connectivity index (χ2v) is 5.60. The summed E-state index contributed by atoms with van der Waals surface area (Å²) < 4.78 is 22.5. The van der Waals surface area contributed by atoms with E-state index >= 15 is 0 Å². The molecule has 0 aliphatic rings. The second kappa shape index (κ2) is 5.89. The van der Waals surface area contributed by atoms with Gasteiger partial charge in [-0.3, -0.25) is 0 Å². The molecule has 19 heavy (non-hydrogen) atoms. The molecule has 0 unspecified atom stereocenters. The lowest BCUT2D eigenvalue weighted by atomic mass is 10.3. The zero-order valence-electron chi connectivity index (χ0n) is 9.92. The molecule has 0 saturated heterocycles. The van der Waals surface area contributed by atoms with Crippen molar-refractivity contribution in [1.82, 2.24) is 0 Å². The van der Waals surface area contributed by atoms with Crippen LogP contribution in [0.1, 0.15) is 0 Å². The molecule has 0 bridgehead atoms. The van der Waals surface area contributed by atoms with Gasteiger partial charge < -0.3 is 19.3 Å². The van der Waals surface area contributed by atoms with Gasteiger partial charge in [-0.15, -0.1) is 0 Å². The lowest BCUT2D eigenvalue weighted by Crippen LogP contribution is -2.15. The summed E-state index contributed by atoms with van der Waals surface area (Å²) in [6.07, 6.45) is 0. The van der Waals surface area contributed by atoms with Crippen molar-refractivity contribution >= 4 is 7.60 Å². The van der Waals surface area contributed by atoms with Gasteiger partial charge in [-0.1, -0.05) is 36.4 Å². The molecule has 100 valence electrons. The second-order valence-electron chi connectivity index (χ2n) is 3.69. The maximum Gasteiger partial charge on any atom is 0.486 e. The van der Waals surface area contributed by atoms with Crippen molar-refractivity contribution in [3.05, 3.63) is 60.7 Å². The van der Waals surface area contributed by atoms with E-state index in [0.717, 1.165) is 0 Å². The quantitative estimate of drug-likeness (QED) is 0.650. The van der Waals surface area contributed by atoms with Crippen LogP contribution in [0.25, 0.3) is 0 Å². The van der Waals surface area contributed by atoms with E-state index in [9.17, 15) is 14.8 Å². The van der Waals surface area contributed by atoms with Crippen molar-refractivity contribution in [3.63, 3.8) is 0 Å². The zero-order valence-corrected chi connectivity index (χ0v) is 10.8. The predicted molar refractivity (Wildman–Crippen MR) is 70.0 cm³/mol. The molecule has 2 N–H and O–H groups in total. The topological polar surface area (TPSA) is 76.0 Å². The van der Waals surface area contributed by atoms with Gasteiger partial charge in [0, 0.05) is 0 Å². The largest absolute Gasteiger partial charge is 0.486 e. The van der Waals surface area contributed by atoms with Crippen molar-refractivity contribution in [2.75, 3.05) is 0 Å². The maximum atomic E-state index is 12.3. The van der Waals surface area contributed by atoms with E-state index < -0.39 is 13.6 Å². The average Bonchev–Trinajstić information content (AvgIpc) is 2.40. The molecule has 6 heteroatoms. The van der Waals surface area contributed by atoms with Gasteiger partial charge in [0.2, 0.25) is 0 Å². The highest BCUT2D eigenvalue weighted by atomic mass is 31.2. The number of benzene rings is 2. The molecule has 2 rings (SSSR count). The molecular formula is C13H13O5P. The van der Waals surface area contributed by atoms with Crippen LogP contribution in [0.15, 0.2) is 60.7 Å². The maximum absolute atomic E-state index is 12.3. The minimum absolute atomic E-state index is 0.231. The van der Waals surface area contributed by atoms with Gasteiger partial charge in [0.15, 0.2) is 0 Å². The molecule has 0 atom stereocenters. The van der Waals surface area contributed by atoms with E-state index in [1.165, 1.54) is 0 Å². The molecule has 5 nitrogen and oxygen atoms in total. The highest BCUT2D eigenvalue weighted by Gasteiger charge is 2.37. The third-order valence-electron chi connectivity index (χ3n) is 2.23. The SMILES string of the molecule is O=P(Oc1ccccc1)(Oc1ccccc1)C(O)O. The van der Waals surface area contributed by atoms with Gasteiger partial charge in [0.05, 0.1) is 0 Å². The van der Waals surface area contributed by atoms with Crippen LogP contribution < -0.4 is 9.05 Å². The highest BCUT2D eigenvalue weighted by Crippen LogP contribution is 2.50. The van der Waals surface area contributed by atoms with Crippen LogP contribution in [0.4, 0.5) is 0 Å². The van der Waals surface area contributed by atoms with Crippen LogP contribution in [0.3, 0.4) is 0 Å². The van der Waals surface area contributed by atoms with Crippen LogP contribution in [0.2, 0.25) is 0 Å². The smallest absolute Gasteiger partial charge is 0.413 e. The first-order valence-corrected chi connectivity index (χ1v) is 7.16. The number of aliphatic hydroxyl groups is 2. The van der Waals surface area contributed by atoms with Gasteiger partial charge in [0.25, 0.3) is 6.03 Å². The van der Waals surface area contributed by atoms with Gasteiger partial charge >= 0.3 is 7.60 Å². The summed E-state index contributed by atoms with van der Waals surface area (Å²) >= 11 is 0. The van der Waals surface area contributed by atoms with Crippen molar-refractivity contribution in [3.8, 4) is 11.5 Å². The van der Waals surface area contributed by atoms with Crippen molar-refractivity contribution < 1.29 is 23.8 Å². The summed E-state index contributed by atoms with van der Waals surface area (Å²) in [6, 6.07) is 14.2. The zero-order chi connectivity index (χ0) is 13.7. The molecule has 0 amide bonds. The first-order chi connectivity index (χ1) is 9.10. The molecule has 0 radical (unpaired) electrons. The molecule has 0 aromatic heterocycles. The van der Waals surface area contributed by atoms with Crippen LogP contribution in [-0.2, 0) is 4.57 Å². The van der Waals surface area contributed by atoms with Gasteiger partial charge in [-0.2, -0.15) is 0 Å². The Morgan fingerprint density at radius 1 is 0.789 bits per heavy atom. The summed E-state index contributed by atoms with van der Waals surface area (Å²) in [6.45, 7) is 0. The van der Waals surface area contributed by atoms with E-state index in [-0.39, 0.29) is 11.5 Å². The Labute approximate surface area is 110 Å². The van der Waals surface area contributed by atoms with E-state index in [2.05, 4.69) is 0 Å². The molecule has 0 spiro atoms. The first-order valence-electron chi connectivity index (χ1n) is 5.55. The lowest BCUT2D eigenvalue weighted by molar-refractivity contribution is 0.0121. The van der Waals surface area contributed by atoms with Crippen LogP contribution in [-0.4, -0.2) is 16.2 Å². The van der Waals surface area contributed by atoms with Crippen molar-refractivity contribution in [2.24, 2.45) is 0 Å². The Bertz CT molecular complexity index is 510. The number of rotatable bonds is 5. The monoisotopic (exact) mass is 280 g/mol. The number of aliphatic hydroxyl groups excluding tert-OH is 1. The number of hydrogen-bond donors (Lipinski definition) is 2. The summed E-state index contributed by atoms with van der Waals surface area (Å²) in [5.74, 6) is 0.463. The molecule has 0 aliphatic carbocycles. The fourth-order valence-corrected chi connectivity index (χ4v) is 2.43. The molecule has 2 aromatic carbocycles. The van der Waals surface area contributed by atoms with Gasteiger partial charge in [-0.25, -0.2) is 4.57 Å². The first kappa shape index (κ1) is 13.6. The number of hydrogen-bond acceptors (Lipinski definition) is 5. The normalized spacial score (nSPS) is 11.3. The third-order valence-corrected chi connectivity index (χ3v) is 3.73. The third kappa shape index (κ3) is 3.58. The Hall–Kier alpha value is -1.81. The summed E-state index contributed by atoms with van der Waals surface area (Å²) in [7, 11) is -4.12. The Kier molecular flexibility index (Phi) is 4.22. The average molecular weight is 280 g/mol. The standard InChI is InChI=1S/C13H13O5P/c14-13(15)19(16,17-11-7-3-1-4-8-11)18-12-9-5-2-6-10-12/h1-10,13-15H. The molecule has 2 aromatic rings. The van der Waals surface area contributed by atoms with E-state index in [4.69, 9.17) is 9.05 Å². The van der Waals surface area contributed by atoms with E-state index in [1.807, 2.05) is 0 Å². The Morgan fingerprint density at radius 3 is 1.47 bits per heavy atom. The van der Waals surface area contributed by atoms with E-state index in [0.29, 0.717) is 0 Å². The summed E-state index contributed by atoms with van der Waals surface area (Å²) in [5, 5.41) is 18.5. The van der Waals surface area contributed by atoms with Crippen molar-refractivity contribution in [2.45, 2.75) is 6.03 Å². The number of para-hydroxylation sites is 2. The van der Waals surface area contributed by atoms with Crippen LogP contribution in [0, 0.1) is 0 Å². The fourth-order valence-electron chi connectivity index (χ4n) is 1.37. The van der Waals surface area contributed by atoms with Gasteiger partial charge in [0.1, 0.15) is 11.5 Å². The summed E-state index contributed by atoms with van der Waals surface area (Å²) in [4.78, 5) is 0. The predicted octanol–water partition coefficient (Wildman–Crippen LogP) is 2.61. The summed E-state index contributed by atoms with van der Waals surface area (Å²) in [5.41, 5.74) is 0.